The molecule has 3 aromatic carbocycles. The molecule has 0 unspecified atom stereocenters. The summed E-state index contributed by atoms with van der Waals surface area (Å²) in [5.74, 6) is -1.33. The lowest BCUT2D eigenvalue weighted by Gasteiger charge is -2.22. The van der Waals surface area contributed by atoms with Gasteiger partial charge >= 0.3 is 11.8 Å². The van der Waals surface area contributed by atoms with E-state index in [4.69, 9.17) is 0 Å². The second kappa shape index (κ2) is 7.24. The lowest BCUT2D eigenvalue weighted by atomic mass is 10.2. The highest BCUT2D eigenvalue weighted by molar-refractivity contribution is 6.45. The Balaban J connectivity index is 1.91. The van der Waals surface area contributed by atoms with Gasteiger partial charge in [0.15, 0.2) is 0 Å². The van der Waals surface area contributed by atoms with Crippen molar-refractivity contribution in [2.24, 2.45) is 0 Å². The van der Waals surface area contributed by atoms with Crippen molar-refractivity contribution >= 4 is 28.9 Å². The molecule has 0 heterocycles. The third-order valence-corrected chi connectivity index (χ3v) is 3.46. The van der Waals surface area contributed by atoms with Crippen molar-refractivity contribution in [1.29, 1.82) is 0 Å². The average Bonchev–Trinajstić information content (AvgIpc) is 2.64. The van der Waals surface area contributed by atoms with Gasteiger partial charge in [-0.2, -0.15) is 0 Å². The zero-order valence-electron chi connectivity index (χ0n) is 12.9. The van der Waals surface area contributed by atoms with E-state index in [-0.39, 0.29) is 0 Å². The van der Waals surface area contributed by atoms with Crippen molar-refractivity contribution in [1.82, 2.24) is 0 Å². The van der Waals surface area contributed by atoms with Crippen molar-refractivity contribution in [3.05, 3.63) is 91.0 Å². The summed E-state index contributed by atoms with van der Waals surface area (Å²) >= 11 is 0. The van der Waals surface area contributed by atoms with Crippen LogP contribution in [0.15, 0.2) is 91.0 Å². The molecule has 3 rings (SSSR count). The molecule has 0 saturated carbocycles. The van der Waals surface area contributed by atoms with E-state index in [9.17, 15) is 9.59 Å². The van der Waals surface area contributed by atoms with Crippen LogP contribution in [0.5, 0.6) is 0 Å². The normalized spacial score (nSPS) is 10.0. The maximum atomic E-state index is 12.8. The lowest BCUT2D eigenvalue weighted by molar-refractivity contribution is -0.134. The smallest absolute Gasteiger partial charge is 0.318 e. The first-order chi connectivity index (χ1) is 11.8. The van der Waals surface area contributed by atoms with Gasteiger partial charge in [-0.25, -0.2) is 0 Å². The fraction of sp³-hybridized carbons (Fsp3) is 0. The van der Waals surface area contributed by atoms with Crippen molar-refractivity contribution in [2.45, 2.75) is 0 Å². The van der Waals surface area contributed by atoms with Gasteiger partial charge in [-0.3, -0.25) is 14.5 Å². The second-order valence-electron chi connectivity index (χ2n) is 5.13. The first kappa shape index (κ1) is 15.5. The van der Waals surface area contributed by atoms with Gasteiger partial charge < -0.3 is 5.32 Å². The number of carbonyl (C=O) groups excluding carboxylic acids is 2. The molecule has 0 aliphatic carbocycles. The van der Waals surface area contributed by atoms with Crippen LogP contribution in [0.25, 0.3) is 0 Å². The predicted molar refractivity (Wildman–Crippen MR) is 95.1 cm³/mol. The highest BCUT2D eigenvalue weighted by Gasteiger charge is 2.24. The minimum atomic E-state index is -0.686. The highest BCUT2D eigenvalue weighted by Crippen LogP contribution is 2.25. The molecule has 4 nitrogen and oxygen atoms in total. The van der Waals surface area contributed by atoms with Crippen LogP contribution in [0.4, 0.5) is 17.1 Å². The van der Waals surface area contributed by atoms with Gasteiger partial charge in [0.1, 0.15) is 0 Å². The van der Waals surface area contributed by atoms with Crippen LogP contribution >= 0.6 is 0 Å². The van der Waals surface area contributed by atoms with E-state index in [2.05, 4.69) is 5.32 Å². The first-order valence-electron chi connectivity index (χ1n) is 7.56. The summed E-state index contributed by atoms with van der Waals surface area (Å²) in [7, 11) is 0. The molecule has 24 heavy (non-hydrogen) atoms. The molecule has 2 amide bonds. The number of hydrogen-bond donors (Lipinski definition) is 1. The molecule has 4 heteroatoms. The molecule has 0 radical (unpaired) electrons. The molecule has 3 aromatic rings. The van der Waals surface area contributed by atoms with Crippen molar-refractivity contribution in [3.63, 3.8) is 0 Å². The molecule has 0 saturated heterocycles. The molecule has 0 bridgehead atoms. The molecule has 0 fully saturated rings. The van der Waals surface area contributed by atoms with Crippen LogP contribution in [0.3, 0.4) is 0 Å². The van der Waals surface area contributed by atoms with E-state index >= 15 is 0 Å². The average molecular weight is 316 g/mol. The summed E-state index contributed by atoms with van der Waals surface area (Å²) < 4.78 is 0. The Bertz CT molecular complexity index is 779. The Hall–Kier alpha value is -3.40. The largest absolute Gasteiger partial charge is 0.321 e. The maximum absolute atomic E-state index is 12.8. The standard InChI is InChI=1S/C20H16N2O2/c23-19(21-16-10-4-1-5-11-16)20(24)22(17-12-6-2-7-13-17)18-14-8-3-9-15-18/h1-15H,(H,21,23). The van der Waals surface area contributed by atoms with E-state index in [0.717, 1.165) is 0 Å². The minimum Gasteiger partial charge on any atom is -0.318 e. The first-order valence-corrected chi connectivity index (χ1v) is 7.56. The zero-order chi connectivity index (χ0) is 16.8. The summed E-state index contributed by atoms with van der Waals surface area (Å²) in [5, 5.41) is 2.63. The van der Waals surface area contributed by atoms with Crippen LogP contribution in [-0.4, -0.2) is 11.8 Å². The van der Waals surface area contributed by atoms with Crippen LogP contribution in [0, 0.1) is 0 Å². The molecule has 0 aliphatic rings. The number of rotatable bonds is 3. The molecule has 0 spiro atoms. The molecule has 0 atom stereocenters. The van der Waals surface area contributed by atoms with Gasteiger partial charge in [0.05, 0.1) is 0 Å². The third-order valence-electron chi connectivity index (χ3n) is 3.46. The van der Waals surface area contributed by atoms with E-state index in [1.165, 1.54) is 4.90 Å². The Labute approximate surface area is 140 Å². The summed E-state index contributed by atoms with van der Waals surface area (Å²) in [6, 6.07) is 27.1. The highest BCUT2D eigenvalue weighted by atomic mass is 16.2. The number of benzene rings is 3. The van der Waals surface area contributed by atoms with Gasteiger partial charge in [0.2, 0.25) is 0 Å². The van der Waals surface area contributed by atoms with E-state index in [1.54, 1.807) is 48.5 Å². The second-order valence-corrected chi connectivity index (χ2v) is 5.13. The Morgan fingerprint density at radius 1 is 0.625 bits per heavy atom. The fourth-order valence-corrected chi connectivity index (χ4v) is 2.35. The monoisotopic (exact) mass is 316 g/mol. The molecule has 0 aliphatic heterocycles. The van der Waals surface area contributed by atoms with E-state index in [1.807, 2.05) is 42.5 Å². The maximum Gasteiger partial charge on any atom is 0.321 e. The summed E-state index contributed by atoms with van der Waals surface area (Å²) in [5.41, 5.74) is 1.85. The van der Waals surface area contributed by atoms with Gasteiger partial charge in [-0.1, -0.05) is 54.6 Å². The number of hydrogen-bond acceptors (Lipinski definition) is 2. The Morgan fingerprint density at radius 3 is 1.50 bits per heavy atom. The van der Waals surface area contributed by atoms with E-state index < -0.39 is 11.8 Å². The molecular formula is C20H16N2O2. The SMILES string of the molecule is O=C(Nc1ccccc1)C(=O)N(c1ccccc1)c1ccccc1. The van der Waals surface area contributed by atoms with E-state index in [0.29, 0.717) is 17.1 Å². The van der Waals surface area contributed by atoms with Gasteiger partial charge in [-0.05, 0) is 36.4 Å². The van der Waals surface area contributed by atoms with Gasteiger partial charge in [0.25, 0.3) is 0 Å². The predicted octanol–water partition coefficient (Wildman–Crippen LogP) is 3.99. The quantitative estimate of drug-likeness (QED) is 0.743. The van der Waals surface area contributed by atoms with Crippen LogP contribution < -0.4 is 10.2 Å². The Kier molecular flexibility index (Phi) is 4.68. The number of amides is 2. The topological polar surface area (TPSA) is 49.4 Å². The lowest BCUT2D eigenvalue weighted by Crippen LogP contribution is -2.36. The molecular weight excluding hydrogens is 300 g/mol. The molecule has 0 aromatic heterocycles. The molecule has 1 N–H and O–H groups in total. The number of para-hydroxylation sites is 3. The fourth-order valence-electron chi connectivity index (χ4n) is 2.35. The van der Waals surface area contributed by atoms with Crippen LogP contribution in [0.2, 0.25) is 0 Å². The Morgan fingerprint density at radius 2 is 1.04 bits per heavy atom. The number of anilines is 3. The summed E-state index contributed by atoms with van der Waals surface area (Å²) in [6.45, 7) is 0. The van der Waals surface area contributed by atoms with Crippen LogP contribution in [-0.2, 0) is 9.59 Å². The minimum absolute atomic E-state index is 0.580. The summed E-state index contributed by atoms with van der Waals surface area (Å²) in [6.07, 6.45) is 0. The number of nitrogens with zero attached hydrogens (tertiary/aromatic N) is 1. The third kappa shape index (κ3) is 3.50. The van der Waals surface area contributed by atoms with Crippen molar-refractivity contribution < 1.29 is 9.59 Å². The van der Waals surface area contributed by atoms with Gasteiger partial charge in [-0.15, -0.1) is 0 Å². The molecule has 118 valence electrons. The van der Waals surface area contributed by atoms with Crippen LogP contribution in [0.1, 0.15) is 0 Å². The number of nitrogens with one attached hydrogen (secondary N) is 1. The summed E-state index contributed by atoms with van der Waals surface area (Å²) in [4.78, 5) is 26.6. The zero-order valence-corrected chi connectivity index (χ0v) is 12.9. The van der Waals surface area contributed by atoms with Gasteiger partial charge in [0, 0.05) is 17.1 Å². The van der Waals surface area contributed by atoms with Crippen molar-refractivity contribution in [3.8, 4) is 0 Å². The number of carbonyl (C=O) groups is 2. The van der Waals surface area contributed by atoms with Crippen molar-refractivity contribution in [2.75, 3.05) is 10.2 Å².